The highest BCUT2D eigenvalue weighted by atomic mass is 32.1. The molecule has 0 saturated heterocycles. The van der Waals surface area contributed by atoms with Gasteiger partial charge >= 0.3 is 0 Å². The Morgan fingerprint density at radius 3 is 2.29 bits per heavy atom. The molecule has 2 aromatic rings. The van der Waals surface area contributed by atoms with E-state index in [1.807, 2.05) is 20.8 Å². The first-order chi connectivity index (χ1) is 9.62. The minimum atomic E-state index is -0.866. The maximum atomic E-state index is 14.2. The van der Waals surface area contributed by atoms with E-state index in [1.165, 1.54) is 6.92 Å². The van der Waals surface area contributed by atoms with Crippen LogP contribution < -0.4 is 0 Å². The maximum Gasteiger partial charge on any atom is 0.168 e. The van der Waals surface area contributed by atoms with Gasteiger partial charge in [-0.3, -0.25) is 0 Å². The minimum absolute atomic E-state index is 0.176. The molecule has 0 atom stereocenters. The predicted molar refractivity (Wildman–Crippen MR) is 82.9 cm³/mol. The van der Waals surface area contributed by atoms with E-state index in [0.29, 0.717) is 21.7 Å². The van der Waals surface area contributed by atoms with Gasteiger partial charge in [-0.25, -0.2) is 13.8 Å². The van der Waals surface area contributed by atoms with E-state index >= 15 is 0 Å². The van der Waals surface area contributed by atoms with E-state index in [-0.39, 0.29) is 16.5 Å². The number of aryl methyl sites for hydroxylation is 1. The molecule has 5 heteroatoms. The third kappa shape index (κ3) is 2.88. The first kappa shape index (κ1) is 15.8. The SMILES string of the molecule is Cc1ccc(-c2[nH]c(C(C)(C)C)nc(=S)c2C)c(F)c1F. The van der Waals surface area contributed by atoms with Gasteiger partial charge in [0.05, 0.1) is 5.69 Å². The van der Waals surface area contributed by atoms with E-state index in [1.54, 1.807) is 19.1 Å². The second-order valence-electron chi connectivity index (χ2n) is 6.20. The van der Waals surface area contributed by atoms with Gasteiger partial charge in [0.15, 0.2) is 11.6 Å². The lowest BCUT2D eigenvalue weighted by Gasteiger charge is -2.20. The number of aromatic nitrogens is 2. The summed E-state index contributed by atoms with van der Waals surface area (Å²) in [5.41, 5.74) is 1.30. The summed E-state index contributed by atoms with van der Waals surface area (Å²) in [7, 11) is 0. The van der Waals surface area contributed by atoms with E-state index in [9.17, 15) is 8.78 Å². The van der Waals surface area contributed by atoms with Gasteiger partial charge in [0, 0.05) is 16.5 Å². The third-order valence-corrected chi connectivity index (χ3v) is 3.81. The Bertz CT molecular complexity index is 758. The molecule has 0 aliphatic rings. The Labute approximate surface area is 128 Å². The first-order valence-electron chi connectivity index (χ1n) is 6.69. The summed E-state index contributed by atoms with van der Waals surface area (Å²) < 4.78 is 28.4. The number of nitrogens with one attached hydrogen (secondary N) is 1. The fraction of sp³-hybridized carbons (Fsp3) is 0.375. The zero-order valence-electron chi connectivity index (χ0n) is 12.8. The van der Waals surface area contributed by atoms with Gasteiger partial charge in [-0.1, -0.05) is 39.1 Å². The van der Waals surface area contributed by atoms with Gasteiger partial charge in [-0.2, -0.15) is 0 Å². The molecule has 0 saturated carbocycles. The molecule has 1 N–H and O–H groups in total. The van der Waals surface area contributed by atoms with Crippen molar-refractivity contribution in [3.8, 4) is 11.3 Å². The van der Waals surface area contributed by atoms with Crippen molar-refractivity contribution >= 4 is 12.2 Å². The second-order valence-corrected chi connectivity index (χ2v) is 6.59. The Kier molecular flexibility index (Phi) is 3.97. The number of rotatable bonds is 1. The van der Waals surface area contributed by atoms with E-state index in [4.69, 9.17) is 12.2 Å². The van der Waals surface area contributed by atoms with E-state index < -0.39 is 11.6 Å². The molecule has 2 rings (SSSR count). The molecule has 0 bridgehead atoms. The Balaban J connectivity index is 2.78. The molecule has 112 valence electrons. The molecule has 1 aromatic carbocycles. The summed E-state index contributed by atoms with van der Waals surface area (Å²) >= 11 is 5.25. The average molecular weight is 308 g/mol. The van der Waals surface area contributed by atoms with Gasteiger partial charge in [-0.05, 0) is 25.5 Å². The number of nitrogens with zero attached hydrogens (tertiary/aromatic N) is 1. The predicted octanol–water partition coefficient (Wildman–Crippen LogP) is 5.00. The van der Waals surface area contributed by atoms with Crippen LogP contribution in [0.25, 0.3) is 11.3 Å². The molecule has 21 heavy (non-hydrogen) atoms. The van der Waals surface area contributed by atoms with Crippen molar-refractivity contribution < 1.29 is 8.78 Å². The van der Waals surface area contributed by atoms with Crippen LogP contribution in [0.1, 0.15) is 37.7 Å². The van der Waals surface area contributed by atoms with Crippen molar-refractivity contribution in [2.24, 2.45) is 0 Å². The normalized spacial score (nSPS) is 11.8. The summed E-state index contributed by atoms with van der Waals surface area (Å²) in [6, 6.07) is 3.12. The van der Waals surface area contributed by atoms with Crippen molar-refractivity contribution in [2.45, 2.75) is 40.0 Å². The van der Waals surface area contributed by atoms with Crippen LogP contribution in [0.5, 0.6) is 0 Å². The van der Waals surface area contributed by atoms with Crippen LogP contribution in [0.4, 0.5) is 8.78 Å². The van der Waals surface area contributed by atoms with E-state index in [0.717, 1.165) is 0 Å². The van der Waals surface area contributed by atoms with Crippen molar-refractivity contribution in [1.29, 1.82) is 0 Å². The van der Waals surface area contributed by atoms with Crippen LogP contribution in [0.2, 0.25) is 0 Å². The Morgan fingerprint density at radius 1 is 1.10 bits per heavy atom. The monoisotopic (exact) mass is 308 g/mol. The first-order valence-corrected chi connectivity index (χ1v) is 7.10. The van der Waals surface area contributed by atoms with Gasteiger partial charge in [0.25, 0.3) is 0 Å². The largest absolute Gasteiger partial charge is 0.342 e. The zero-order valence-corrected chi connectivity index (χ0v) is 13.6. The van der Waals surface area contributed by atoms with E-state index in [2.05, 4.69) is 9.97 Å². The summed E-state index contributed by atoms with van der Waals surface area (Å²) in [5.74, 6) is -1.05. The zero-order chi connectivity index (χ0) is 15.9. The third-order valence-electron chi connectivity index (χ3n) is 3.41. The summed E-state index contributed by atoms with van der Waals surface area (Å²) in [6.45, 7) is 9.22. The average Bonchev–Trinajstić information content (AvgIpc) is 2.39. The number of aromatic amines is 1. The molecule has 0 amide bonds. The summed E-state index contributed by atoms with van der Waals surface area (Å²) in [6.07, 6.45) is 0. The molecule has 1 heterocycles. The van der Waals surface area contributed by atoms with Crippen LogP contribution in [0.3, 0.4) is 0 Å². The van der Waals surface area contributed by atoms with Crippen LogP contribution >= 0.6 is 12.2 Å². The highest BCUT2D eigenvalue weighted by Gasteiger charge is 2.21. The standard InChI is InChI=1S/C16H18F2N2S/c1-8-6-7-10(12(18)11(8)17)13-9(2)14(21)20-15(19-13)16(3,4)5/h6-7H,1-5H3,(H,19,20,21). The van der Waals surface area contributed by atoms with Gasteiger partial charge in [0.2, 0.25) is 0 Å². The van der Waals surface area contributed by atoms with Crippen LogP contribution in [0, 0.1) is 30.1 Å². The highest BCUT2D eigenvalue weighted by Crippen LogP contribution is 2.29. The molecule has 0 radical (unpaired) electrons. The molecule has 2 nitrogen and oxygen atoms in total. The molecule has 0 aliphatic heterocycles. The van der Waals surface area contributed by atoms with Crippen molar-refractivity contribution in [2.75, 3.05) is 0 Å². The second kappa shape index (κ2) is 5.30. The number of hydrogen-bond acceptors (Lipinski definition) is 2. The Morgan fingerprint density at radius 2 is 1.71 bits per heavy atom. The lowest BCUT2D eigenvalue weighted by atomic mass is 9.95. The Hall–Kier alpha value is -1.62. The quantitative estimate of drug-likeness (QED) is 0.751. The maximum absolute atomic E-state index is 14.2. The van der Waals surface area contributed by atoms with Crippen LogP contribution in [-0.2, 0) is 5.41 Å². The fourth-order valence-corrected chi connectivity index (χ4v) is 2.19. The number of halogens is 2. The molecule has 0 fully saturated rings. The van der Waals surface area contributed by atoms with Crippen molar-refractivity contribution in [3.05, 3.63) is 45.4 Å². The minimum Gasteiger partial charge on any atom is -0.342 e. The van der Waals surface area contributed by atoms with Crippen LogP contribution in [-0.4, -0.2) is 9.97 Å². The molecular formula is C16H18F2N2S. The molecule has 0 spiro atoms. The fourth-order valence-electron chi connectivity index (χ4n) is 2.00. The van der Waals surface area contributed by atoms with Crippen LogP contribution in [0.15, 0.2) is 12.1 Å². The lowest BCUT2D eigenvalue weighted by Crippen LogP contribution is -2.17. The number of hydrogen-bond donors (Lipinski definition) is 1. The molecule has 1 aromatic heterocycles. The number of benzene rings is 1. The molecular weight excluding hydrogens is 290 g/mol. The topological polar surface area (TPSA) is 28.7 Å². The molecule has 0 unspecified atom stereocenters. The smallest absolute Gasteiger partial charge is 0.168 e. The highest BCUT2D eigenvalue weighted by molar-refractivity contribution is 7.71. The van der Waals surface area contributed by atoms with Gasteiger partial charge in [0.1, 0.15) is 10.5 Å². The number of H-pyrrole nitrogens is 1. The van der Waals surface area contributed by atoms with Crippen molar-refractivity contribution in [3.63, 3.8) is 0 Å². The molecule has 0 aliphatic carbocycles. The lowest BCUT2D eigenvalue weighted by molar-refractivity contribution is 0.504. The summed E-state index contributed by atoms with van der Waals surface area (Å²) in [5, 5.41) is 0. The van der Waals surface area contributed by atoms with Gasteiger partial charge in [-0.15, -0.1) is 0 Å². The van der Waals surface area contributed by atoms with Gasteiger partial charge < -0.3 is 4.98 Å². The summed E-state index contributed by atoms with van der Waals surface area (Å²) in [4.78, 5) is 7.46. The van der Waals surface area contributed by atoms with Crippen molar-refractivity contribution in [1.82, 2.24) is 9.97 Å².